The van der Waals surface area contributed by atoms with Crippen molar-refractivity contribution in [3.63, 3.8) is 0 Å². The highest BCUT2D eigenvalue weighted by Gasteiger charge is 2.18. The number of nitrogens with zero attached hydrogens (tertiary/aromatic N) is 3. The van der Waals surface area contributed by atoms with Crippen LogP contribution in [0.1, 0.15) is 48.9 Å². The summed E-state index contributed by atoms with van der Waals surface area (Å²) < 4.78 is 5.76. The largest absolute Gasteiger partial charge is 0.419 e. The van der Waals surface area contributed by atoms with Crippen LogP contribution in [0.2, 0.25) is 0 Å². The molecule has 0 amide bonds. The monoisotopic (exact) mass is 316 g/mol. The molecule has 0 aliphatic heterocycles. The number of thiophene rings is 1. The average Bonchev–Trinajstić information content (AvgIpc) is 3.17. The molecule has 3 rings (SSSR count). The molecule has 1 aliphatic carbocycles. The van der Waals surface area contributed by atoms with Gasteiger partial charge in [0.2, 0.25) is 5.89 Å². The minimum absolute atomic E-state index is 0.175. The summed E-state index contributed by atoms with van der Waals surface area (Å²) in [5.41, 5.74) is 1.45. The van der Waals surface area contributed by atoms with Crippen molar-refractivity contribution in [2.45, 2.75) is 58.0 Å². The van der Waals surface area contributed by atoms with Gasteiger partial charge in [-0.15, -0.1) is 21.5 Å². The number of rotatable bonds is 6. The van der Waals surface area contributed by atoms with Gasteiger partial charge in [-0.3, -0.25) is 0 Å². The Bertz CT molecular complexity index is 646. The Balaban J connectivity index is 1.66. The van der Waals surface area contributed by atoms with E-state index in [2.05, 4.69) is 34.6 Å². The van der Waals surface area contributed by atoms with Crippen LogP contribution in [0.5, 0.6) is 0 Å². The van der Waals surface area contributed by atoms with E-state index in [0.29, 0.717) is 24.7 Å². The lowest BCUT2D eigenvalue weighted by atomic mass is 9.99. The summed E-state index contributed by atoms with van der Waals surface area (Å²) in [5, 5.41) is 20.3. The van der Waals surface area contributed by atoms with Crippen LogP contribution in [-0.2, 0) is 19.4 Å². The van der Waals surface area contributed by atoms with E-state index in [-0.39, 0.29) is 6.04 Å². The maximum absolute atomic E-state index is 8.76. The first kappa shape index (κ1) is 15.2. The van der Waals surface area contributed by atoms with E-state index in [4.69, 9.17) is 9.68 Å². The summed E-state index contributed by atoms with van der Waals surface area (Å²) in [4.78, 5) is 2.55. The van der Waals surface area contributed by atoms with Gasteiger partial charge in [0, 0.05) is 10.9 Å². The second-order valence-electron chi connectivity index (χ2n) is 5.62. The molecule has 6 heteroatoms. The van der Waals surface area contributed by atoms with E-state index in [0.717, 1.165) is 11.3 Å². The van der Waals surface area contributed by atoms with Crippen LogP contribution in [-0.4, -0.2) is 16.2 Å². The second-order valence-corrected chi connectivity index (χ2v) is 6.75. The molecular formula is C16H20N4OS. The zero-order chi connectivity index (χ0) is 15.4. The Labute approximate surface area is 134 Å². The van der Waals surface area contributed by atoms with Crippen molar-refractivity contribution in [3.8, 4) is 16.8 Å². The Hall–Kier alpha value is -1.71. The molecule has 22 heavy (non-hydrogen) atoms. The van der Waals surface area contributed by atoms with Crippen LogP contribution < -0.4 is 5.32 Å². The van der Waals surface area contributed by atoms with Crippen molar-refractivity contribution in [2.24, 2.45) is 0 Å². The Morgan fingerprint density at radius 2 is 2.27 bits per heavy atom. The Morgan fingerprint density at radius 1 is 1.41 bits per heavy atom. The molecule has 0 radical (unpaired) electrons. The molecule has 5 nitrogen and oxygen atoms in total. The minimum Gasteiger partial charge on any atom is -0.419 e. The van der Waals surface area contributed by atoms with Crippen LogP contribution in [0.4, 0.5) is 0 Å². The first-order valence-electron chi connectivity index (χ1n) is 7.84. The molecule has 2 heterocycles. The third kappa shape index (κ3) is 3.37. The lowest BCUT2D eigenvalue weighted by Gasteiger charge is -2.10. The number of fused-ring (bicyclic) bond motifs is 1. The van der Waals surface area contributed by atoms with Crippen molar-refractivity contribution < 1.29 is 4.42 Å². The topological polar surface area (TPSA) is 74.7 Å². The van der Waals surface area contributed by atoms with Crippen LogP contribution in [0.15, 0.2) is 10.5 Å². The molecular weight excluding hydrogens is 296 g/mol. The van der Waals surface area contributed by atoms with Crippen molar-refractivity contribution >= 4 is 11.3 Å². The summed E-state index contributed by atoms with van der Waals surface area (Å²) in [6.07, 6.45) is 6.31. The van der Waals surface area contributed by atoms with Gasteiger partial charge in [-0.1, -0.05) is 6.92 Å². The SMILES string of the molecule is CCC(CC#N)NCc1nnc(-c2cc3c(s2)CCCC3)o1. The highest BCUT2D eigenvalue weighted by Crippen LogP contribution is 2.35. The first-order chi connectivity index (χ1) is 10.8. The quantitative estimate of drug-likeness (QED) is 0.883. The van der Waals surface area contributed by atoms with E-state index in [1.807, 2.05) is 0 Å². The summed E-state index contributed by atoms with van der Waals surface area (Å²) >= 11 is 1.78. The molecule has 1 aliphatic rings. The van der Waals surface area contributed by atoms with E-state index in [1.54, 1.807) is 11.3 Å². The Kier molecular flexibility index (Phi) is 4.86. The van der Waals surface area contributed by atoms with E-state index in [1.165, 1.54) is 36.1 Å². The fourth-order valence-corrected chi connectivity index (χ4v) is 3.90. The fraction of sp³-hybridized carbons (Fsp3) is 0.562. The first-order valence-corrected chi connectivity index (χ1v) is 8.66. The van der Waals surface area contributed by atoms with Crippen molar-refractivity contribution in [1.29, 1.82) is 5.26 Å². The van der Waals surface area contributed by atoms with Gasteiger partial charge in [-0.2, -0.15) is 5.26 Å². The van der Waals surface area contributed by atoms with Crippen molar-refractivity contribution in [3.05, 3.63) is 22.4 Å². The van der Waals surface area contributed by atoms with Gasteiger partial charge in [0.05, 0.1) is 23.9 Å². The summed E-state index contributed by atoms with van der Waals surface area (Å²) in [5.74, 6) is 1.20. The van der Waals surface area contributed by atoms with E-state index >= 15 is 0 Å². The normalized spacial score (nSPS) is 15.3. The lowest BCUT2D eigenvalue weighted by Crippen LogP contribution is -2.27. The minimum atomic E-state index is 0.175. The summed E-state index contributed by atoms with van der Waals surface area (Å²) in [6, 6.07) is 4.56. The standard InChI is InChI=1S/C16H20N4OS/c1-2-12(7-8-17)18-10-15-19-20-16(21-15)14-9-11-5-3-4-6-13(11)22-14/h9,12,18H,2-7,10H2,1H3. The van der Waals surface area contributed by atoms with Crippen LogP contribution in [0.25, 0.3) is 10.8 Å². The van der Waals surface area contributed by atoms with Gasteiger partial charge in [-0.05, 0) is 43.7 Å². The predicted molar refractivity (Wildman–Crippen MR) is 85.4 cm³/mol. The van der Waals surface area contributed by atoms with Gasteiger partial charge in [0.1, 0.15) is 0 Å². The number of hydrogen-bond donors (Lipinski definition) is 1. The van der Waals surface area contributed by atoms with Crippen molar-refractivity contribution in [2.75, 3.05) is 0 Å². The second kappa shape index (κ2) is 7.03. The summed E-state index contributed by atoms with van der Waals surface area (Å²) in [6.45, 7) is 2.57. The van der Waals surface area contributed by atoms with Crippen LogP contribution in [0.3, 0.4) is 0 Å². The molecule has 0 bridgehead atoms. The zero-order valence-electron chi connectivity index (χ0n) is 12.8. The van der Waals surface area contributed by atoms with Gasteiger partial charge in [0.15, 0.2) is 0 Å². The molecule has 0 spiro atoms. The molecule has 1 N–H and O–H groups in total. The molecule has 2 aromatic rings. The van der Waals surface area contributed by atoms with Gasteiger partial charge in [0.25, 0.3) is 5.89 Å². The average molecular weight is 316 g/mol. The Morgan fingerprint density at radius 3 is 3.05 bits per heavy atom. The number of aryl methyl sites for hydroxylation is 2. The third-order valence-electron chi connectivity index (χ3n) is 4.05. The number of aromatic nitrogens is 2. The summed E-state index contributed by atoms with van der Waals surface area (Å²) in [7, 11) is 0. The highest BCUT2D eigenvalue weighted by molar-refractivity contribution is 7.15. The molecule has 0 saturated heterocycles. The number of nitriles is 1. The van der Waals surface area contributed by atoms with Gasteiger partial charge >= 0.3 is 0 Å². The van der Waals surface area contributed by atoms with Gasteiger partial charge < -0.3 is 9.73 Å². The molecule has 2 aromatic heterocycles. The predicted octanol–water partition coefficient (Wildman–Crippen LogP) is 3.46. The van der Waals surface area contributed by atoms with Crippen LogP contribution in [0, 0.1) is 11.3 Å². The van der Waals surface area contributed by atoms with Gasteiger partial charge in [-0.25, -0.2) is 0 Å². The lowest BCUT2D eigenvalue weighted by molar-refractivity contribution is 0.433. The molecule has 0 aromatic carbocycles. The van der Waals surface area contributed by atoms with E-state index < -0.39 is 0 Å². The maximum Gasteiger partial charge on any atom is 0.257 e. The van der Waals surface area contributed by atoms with E-state index in [9.17, 15) is 0 Å². The molecule has 0 fully saturated rings. The molecule has 116 valence electrons. The third-order valence-corrected chi connectivity index (χ3v) is 5.27. The zero-order valence-corrected chi connectivity index (χ0v) is 13.6. The molecule has 0 saturated carbocycles. The number of nitrogens with one attached hydrogen (secondary N) is 1. The van der Waals surface area contributed by atoms with Crippen LogP contribution >= 0.6 is 11.3 Å². The maximum atomic E-state index is 8.76. The fourth-order valence-electron chi connectivity index (χ4n) is 2.72. The number of hydrogen-bond acceptors (Lipinski definition) is 6. The molecule has 1 atom stereocenters. The highest BCUT2D eigenvalue weighted by atomic mass is 32.1. The molecule has 1 unspecified atom stereocenters. The smallest absolute Gasteiger partial charge is 0.257 e. The van der Waals surface area contributed by atoms with Crippen molar-refractivity contribution in [1.82, 2.24) is 15.5 Å².